The van der Waals surface area contributed by atoms with Crippen molar-refractivity contribution in [3.63, 3.8) is 0 Å². The van der Waals surface area contributed by atoms with Gasteiger partial charge in [0.25, 0.3) is 0 Å². The van der Waals surface area contributed by atoms with Crippen LogP contribution in [0.2, 0.25) is 0 Å². The van der Waals surface area contributed by atoms with Crippen LogP contribution in [0.25, 0.3) is 0 Å². The monoisotopic (exact) mass is 361 g/mol. The van der Waals surface area contributed by atoms with E-state index < -0.39 is 23.6 Å². The van der Waals surface area contributed by atoms with Crippen LogP contribution in [0.1, 0.15) is 22.7 Å². The van der Waals surface area contributed by atoms with Crippen LogP contribution in [-0.4, -0.2) is 0 Å². The third-order valence-corrected chi connectivity index (χ3v) is 3.56. The first kappa shape index (κ1) is 16.0. The zero-order valence-corrected chi connectivity index (χ0v) is 12.4. The predicted molar refractivity (Wildman–Crippen MR) is 76.2 cm³/mol. The van der Waals surface area contributed by atoms with Crippen molar-refractivity contribution in [1.82, 2.24) is 0 Å². The van der Waals surface area contributed by atoms with Gasteiger partial charge in [0.15, 0.2) is 0 Å². The highest BCUT2D eigenvalue weighted by atomic mass is 79.9. The maximum absolute atomic E-state index is 13.3. The molecule has 1 atom stereocenters. The summed E-state index contributed by atoms with van der Waals surface area (Å²) in [6, 6.07) is 8.53. The Kier molecular flexibility index (Phi) is 4.68. The Bertz CT molecular complexity index is 640. The summed E-state index contributed by atoms with van der Waals surface area (Å²) in [5.41, 5.74) is 5.50. The van der Waals surface area contributed by atoms with Crippen LogP contribution in [0.3, 0.4) is 0 Å². The molecule has 0 aliphatic carbocycles. The van der Waals surface area contributed by atoms with Crippen molar-refractivity contribution < 1.29 is 17.6 Å². The Labute approximate surface area is 127 Å². The fraction of sp³-hybridized carbons (Fsp3) is 0.200. The van der Waals surface area contributed by atoms with Gasteiger partial charge in [-0.2, -0.15) is 13.2 Å². The molecule has 2 N–H and O–H groups in total. The second-order valence-electron chi connectivity index (χ2n) is 4.67. The number of rotatable bonds is 3. The van der Waals surface area contributed by atoms with Crippen LogP contribution in [0.4, 0.5) is 17.6 Å². The zero-order valence-electron chi connectivity index (χ0n) is 10.8. The second-order valence-corrected chi connectivity index (χ2v) is 5.59. The highest BCUT2D eigenvalue weighted by Crippen LogP contribution is 2.35. The van der Waals surface area contributed by atoms with Gasteiger partial charge in [-0.05, 0) is 47.9 Å². The number of nitrogens with two attached hydrogens (primary N) is 1. The van der Waals surface area contributed by atoms with Gasteiger partial charge in [0.2, 0.25) is 0 Å². The molecule has 0 amide bonds. The van der Waals surface area contributed by atoms with E-state index in [2.05, 4.69) is 15.9 Å². The van der Waals surface area contributed by atoms with Crippen LogP contribution in [0.5, 0.6) is 0 Å². The lowest BCUT2D eigenvalue weighted by atomic mass is 9.95. The normalized spacial score (nSPS) is 13.2. The smallest absolute Gasteiger partial charge is 0.324 e. The lowest BCUT2D eigenvalue weighted by molar-refractivity contribution is -0.138. The molecule has 2 rings (SSSR count). The molecule has 112 valence electrons. The van der Waals surface area contributed by atoms with Gasteiger partial charge in [-0.3, -0.25) is 0 Å². The van der Waals surface area contributed by atoms with Crippen molar-refractivity contribution in [3.05, 3.63) is 69.4 Å². The van der Waals surface area contributed by atoms with Gasteiger partial charge in [-0.15, -0.1) is 0 Å². The Morgan fingerprint density at radius 2 is 1.81 bits per heavy atom. The second kappa shape index (κ2) is 6.15. The standard InChI is InChI=1S/C15H12BrF4N/c16-10-3-1-2-9(6-10)7-14(21)12-8-11(17)4-5-13(12)15(18,19)20/h1-6,8,14H,7,21H2. The van der Waals surface area contributed by atoms with E-state index in [1.807, 2.05) is 0 Å². The molecule has 0 radical (unpaired) electrons. The molecule has 0 aliphatic heterocycles. The van der Waals surface area contributed by atoms with E-state index in [1.54, 1.807) is 24.3 Å². The molecular formula is C15H12BrF4N. The van der Waals surface area contributed by atoms with Crippen LogP contribution in [-0.2, 0) is 12.6 Å². The first-order valence-corrected chi connectivity index (χ1v) is 6.93. The molecule has 0 heterocycles. The molecule has 1 unspecified atom stereocenters. The highest BCUT2D eigenvalue weighted by Gasteiger charge is 2.34. The molecule has 21 heavy (non-hydrogen) atoms. The number of hydrogen-bond donors (Lipinski definition) is 1. The summed E-state index contributed by atoms with van der Waals surface area (Å²) in [4.78, 5) is 0. The molecule has 1 nitrogen and oxygen atoms in total. The number of hydrogen-bond acceptors (Lipinski definition) is 1. The van der Waals surface area contributed by atoms with Crippen molar-refractivity contribution in [2.45, 2.75) is 18.6 Å². The number of alkyl halides is 3. The molecule has 0 spiro atoms. The average Bonchev–Trinajstić information content (AvgIpc) is 2.37. The summed E-state index contributed by atoms with van der Waals surface area (Å²) in [5.74, 6) is -0.734. The van der Waals surface area contributed by atoms with Crippen molar-refractivity contribution in [2.75, 3.05) is 0 Å². The Morgan fingerprint density at radius 1 is 1.10 bits per heavy atom. The fourth-order valence-electron chi connectivity index (χ4n) is 2.13. The SMILES string of the molecule is NC(Cc1cccc(Br)c1)c1cc(F)ccc1C(F)(F)F. The Hall–Kier alpha value is -1.40. The lowest BCUT2D eigenvalue weighted by Crippen LogP contribution is -2.19. The van der Waals surface area contributed by atoms with Gasteiger partial charge in [0, 0.05) is 10.5 Å². The summed E-state index contributed by atoms with van der Waals surface area (Å²) < 4.78 is 52.9. The minimum absolute atomic E-state index is 0.186. The molecule has 2 aromatic carbocycles. The molecule has 0 bridgehead atoms. The summed E-state index contributed by atoms with van der Waals surface area (Å²) in [6.07, 6.45) is -4.37. The maximum atomic E-state index is 13.3. The molecule has 6 heteroatoms. The van der Waals surface area contributed by atoms with Crippen molar-refractivity contribution in [3.8, 4) is 0 Å². The molecule has 2 aromatic rings. The summed E-state index contributed by atoms with van der Waals surface area (Å²) in [5, 5.41) is 0. The number of halogens is 5. The average molecular weight is 362 g/mol. The minimum atomic E-state index is -4.56. The van der Waals surface area contributed by atoms with Crippen LogP contribution in [0, 0.1) is 5.82 Å². The third kappa shape index (κ3) is 4.04. The number of benzene rings is 2. The van der Waals surface area contributed by atoms with Crippen molar-refractivity contribution in [1.29, 1.82) is 0 Å². The largest absolute Gasteiger partial charge is 0.416 e. The summed E-state index contributed by atoms with van der Waals surface area (Å²) in [7, 11) is 0. The molecule has 0 fully saturated rings. The quantitative estimate of drug-likeness (QED) is 0.777. The van der Waals surface area contributed by atoms with E-state index in [4.69, 9.17) is 5.73 Å². The van der Waals surface area contributed by atoms with Crippen molar-refractivity contribution >= 4 is 15.9 Å². The Morgan fingerprint density at radius 3 is 2.43 bits per heavy atom. The molecule has 0 aromatic heterocycles. The van der Waals surface area contributed by atoms with Gasteiger partial charge in [-0.25, -0.2) is 4.39 Å². The van der Waals surface area contributed by atoms with Crippen LogP contribution >= 0.6 is 15.9 Å². The van der Waals surface area contributed by atoms with Crippen LogP contribution in [0.15, 0.2) is 46.9 Å². The first-order valence-electron chi connectivity index (χ1n) is 6.14. The molecule has 0 aliphatic rings. The van der Waals surface area contributed by atoms with E-state index in [9.17, 15) is 17.6 Å². The zero-order chi connectivity index (χ0) is 15.6. The van der Waals surface area contributed by atoms with Gasteiger partial charge >= 0.3 is 6.18 Å². The topological polar surface area (TPSA) is 26.0 Å². The molecular weight excluding hydrogens is 350 g/mol. The van der Waals surface area contributed by atoms with Crippen LogP contribution < -0.4 is 5.73 Å². The molecule has 0 saturated carbocycles. The maximum Gasteiger partial charge on any atom is 0.416 e. The lowest BCUT2D eigenvalue weighted by Gasteiger charge is -2.18. The van der Waals surface area contributed by atoms with Gasteiger partial charge in [0.1, 0.15) is 5.82 Å². The van der Waals surface area contributed by atoms with Crippen molar-refractivity contribution in [2.24, 2.45) is 5.73 Å². The van der Waals surface area contributed by atoms with E-state index in [0.29, 0.717) is 0 Å². The van der Waals surface area contributed by atoms with E-state index in [-0.39, 0.29) is 12.0 Å². The van der Waals surface area contributed by atoms with Gasteiger partial charge in [-0.1, -0.05) is 28.1 Å². The first-order chi connectivity index (χ1) is 9.77. The minimum Gasteiger partial charge on any atom is -0.324 e. The van der Waals surface area contributed by atoms with Gasteiger partial charge in [0.05, 0.1) is 5.56 Å². The van der Waals surface area contributed by atoms with E-state index in [0.717, 1.165) is 28.2 Å². The fourth-order valence-corrected chi connectivity index (χ4v) is 2.57. The summed E-state index contributed by atoms with van der Waals surface area (Å²) in [6.45, 7) is 0. The predicted octanol–water partition coefficient (Wildman–Crippen LogP) is 4.85. The Balaban J connectivity index is 2.34. The van der Waals surface area contributed by atoms with E-state index >= 15 is 0 Å². The summed E-state index contributed by atoms with van der Waals surface area (Å²) >= 11 is 3.29. The van der Waals surface area contributed by atoms with Gasteiger partial charge < -0.3 is 5.73 Å². The highest BCUT2D eigenvalue weighted by molar-refractivity contribution is 9.10. The molecule has 0 saturated heterocycles. The third-order valence-electron chi connectivity index (χ3n) is 3.06. The van der Waals surface area contributed by atoms with E-state index in [1.165, 1.54) is 0 Å².